The molecule has 1 aliphatic carbocycles. The van der Waals surface area contributed by atoms with E-state index in [1.165, 1.54) is 5.82 Å². The summed E-state index contributed by atoms with van der Waals surface area (Å²) in [6.07, 6.45) is 4.62. The fraction of sp³-hybridized carbons (Fsp3) is 0.645. The van der Waals surface area contributed by atoms with Crippen molar-refractivity contribution in [3.8, 4) is 5.69 Å². The van der Waals surface area contributed by atoms with Gasteiger partial charge in [0.05, 0.1) is 17.3 Å². The van der Waals surface area contributed by atoms with Crippen molar-refractivity contribution in [2.24, 2.45) is 5.92 Å². The molecule has 3 fully saturated rings. The summed E-state index contributed by atoms with van der Waals surface area (Å²) in [6.45, 7) is 12.4. The van der Waals surface area contributed by atoms with E-state index >= 15 is 0 Å². The van der Waals surface area contributed by atoms with Crippen molar-refractivity contribution in [3.63, 3.8) is 0 Å². The van der Waals surface area contributed by atoms with Crippen molar-refractivity contribution < 1.29 is 14.3 Å². The molecule has 0 bridgehead atoms. The molecule has 1 aromatic heterocycles. The van der Waals surface area contributed by atoms with Gasteiger partial charge in [-0.15, -0.1) is 11.8 Å². The van der Waals surface area contributed by atoms with Gasteiger partial charge in [-0.2, -0.15) is 5.10 Å². The number of thioether (sulfide) groups is 1. The fourth-order valence-electron chi connectivity index (χ4n) is 6.34. The number of aryl methyl sites for hydroxylation is 1. The Hall–Kier alpha value is -2.72. The normalized spacial score (nSPS) is 22.9. The lowest BCUT2D eigenvalue weighted by Crippen LogP contribution is -2.52. The van der Waals surface area contributed by atoms with E-state index in [9.17, 15) is 9.59 Å². The SMILES string of the molecule is Cc1cc(N2CCN(C3CCC(C[C@H](NC(=O)OC(C)(C)C)C(=O)N4CCSC4)CC3)CC2)n(-c2ccccc2)n1. The second kappa shape index (κ2) is 13.1. The maximum Gasteiger partial charge on any atom is 0.408 e. The first kappa shape index (κ1) is 29.8. The number of amides is 2. The minimum Gasteiger partial charge on any atom is -0.444 e. The molecule has 3 heterocycles. The van der Waals surface area contributed by atoms with Crippen molar-refractivity contribution >= 4 is 29.6 Å². The van der Waals surface area contributed by atoms with Gasteiger partial charge in [0.25, 0.3) is 0 Å². The van der Waals surface area contributed by atoms with Gasteiger partial charge in [-0.05, 0) is 77.8 Å². The first-order valence-electron chi connectivity index (χ1n) is 15.1. The number of hydrogen-bond donors (Lipinski definition) is 1. The van der Waals surface area contributed by atoms with Gasteiger partial charge < -0.3 is 19.9 Å². The number of ether oxygens (including phenoxy) is 1. The second-order valence-electron chi connectivity index (χ2n) is 12.7. The number of aromatic nitrogens is 2. The molecule has 1 atom stereocenters. The van der Waals surface area contributed by atoms with Crippen molar-refractivity contribution in [1.29, 1.82) is 0 Å². The monoisotopic (exact) mass is 582 g/mol. The highest BCUT2D eigenvalue weighted by Crippen LogP contribution is 2.32. The first-order valence-corrected chi connectivity index (χ1v) is 16.3. The summed E-state index contributed by atoms with van der Waals surface area (Å²) in [6, 6.07) is 12.6. The fourth-order valence-corrected chi connectivity index (χ4v) is 7.30. The average Bonchev–Trinajstić information content (AvgIpc) is 3.63. The number of nitrogens with one attached hydrogen (secondary N) is 1. The third-order valence-corrected chi connectivity index (χ3v) is 9.37. The lowest BCUT2D eigenvalue weighted by molar-refractivity contribution is -0.132. The third-order valence-electron chi connectivity index (χ3n) is 8.41. The minimum absolute atomic E-state index is 0.0316. The zero-order valence-electron chi connectivity index (χ0n) is 25.1. The third kappa shape index (κ3) is 7.77. The van der Waals surface area contributed by atoms with Gasteiger partial charge in [0, 0.05) is 50.6 Å². The summed E-state index contributed by atoms with van der Waals surface area (Å²) in [5.41, 5.74) is 1.53. The Morgan fingerprint density at radius 3 is 2.39 bits per heavy atom. The van der Waals surface area contributed by atoms with Crippen LogP contribution in [0.1, 0.15) is 58.6 Å². The van der Waals surface area contributed by atoms with Crippen LogP contribution in [0, 0.1) is 12.8 Å². The van der Waals surface area contributed by atoms with Crippen molar-refractivity contribution in [2.45, 2.75) is 77.5 Å². The van der Waals surface area contributed by atoms with Crippen LogP contribution in [-0.2, 0) is 9.53 Å². The van der Waals surface area contributed by atoms with E-state index in [0.29, 0.717) is 24.3 Å². The van der Waals surface area contributed by atoms with E-state index in [1.54, 1.807) is 11.8 Å². The van der Waals surface area contributed by atoms with Gasteiger partial charge in [-0.3, -0.25) is 9.69 Å². The van der Waals surface area contributed by atoms with Gasteiger partial charge in [0.2, 0.25) is 5.91 Å². The Morgan fingerprint density at radius 1 is 1.05 bits per heavy atom. The van der Waals surface area contributed by atoms with Crippen LogP contribution >= 0.6 is 11.8 Å². The first-order chi connectivity index (χ1) is 19.7. The number of piperazine rings is 1. The Bertz CT molecular complexity index is 1160. The zero-order chi connectivity index (χ0) is 29.0. The van der Waals surface area contributed by atoms with Gasteiger partial charge in [0.1, 0.15) is 17.5 Å². The molecular weight excluding hydrogens is 536 g/mol. The summed E-state index contributed by atoms with van der Waals surface area (Å²) >= 11 is 1.77. The lowest BCUT2D eigenvalue weighted by Gasteiger charge is -2.43. The molecule has 0 unspecified atom stereocenters. The van der Waals surface area contributed by atoms with Crippen LogP contribution in [-0.4, -0.2) is 93.6 Å². The van der Waals surface area contributed by atoms with Crippen LogP contribution in [0.25, 0.3) is 5.69 Å². The maximum absolute atomic E-state index is 13.3. The van der Waals surface area contributed by atoms with Crippen LogP contribution in [0.5, 0.6) is 0 Å². The molecule has 2 saturated heterocycles. The minimum atomic E-state index is -0.594. The van der Waals surface area contributed by atoms with Crippen LogP contribution in [0.15, 0.2) is 36.4 Å². The molecule has 3 aliphatic rings. The van der Waals surface area contributed by atoms with E-state index in [1.807, 2.05) is 31.7 Å². The predicted molar refractivity (Wildman–Crippen MR) is 165 cm³/mol. The van der Waals surface area contributed by atoms with E-state index < -0.39 is 17.7 Å². The number of para-hydroxylation sites is 1. The van der Waals surface area contributed by atoms with Gasteiger partial charge >= 0.3 is 6.09 Å². The molecule has 2 amide bonds. The van der Waals surface area contributed by atoms with E-state index in [2.05, 4.69) is 57.1 Å². The Kier molecular flexibility index (Phi) is 9.49. The Morgan fingerprint density at radius 2 is 1.76 bits per heavy atom. The van der Waals surface area contributed by atoms with Crippen molar-refractivity contribution in [1.82, 2.24) is 24.9 Å². The molecule has 0 spiro atoms. The average molecular weight is 583 g/mol. The van der Waals surface area contributed by atoms with Crippen LogP contribution in [0.4, 0.5) is 10.6 Å². The molecule has 10 heteroatoms. The second-order valence-corrected chi connectivity index (χ2v) is 13.7. The summed E-state index contributed by atoms with van der Waals surface area (Å²) in [4.78, 5) is 32.9. The van der Waals surface area contributed by atoms with Crippen LogP contribution in [0.2, 0.25) is 0 Å². The highest BCUT2D eigenvalue weighted by Gasteiger charge is 2.35. The molecule has 2 aliphatic heterocycles. The molecule has 0 radical (unpaired) electrons. The van der Waals surface area contributed by atoms with Gasteiger partial charge in [-0.25, -0.2) is 9.48 Å². The maximum atomic E-state index is 13.3. The topological polar surface area (TPSA) is 82.9 Å². The summed E-state index contributed by atoms with van der Waals surface area (Å²) in [7, 11) is 0. The van der Waals surface area contributed by atoms with Crippen molar-refractivity contribution in [2.75, 3.05) is 49.3 Å². The quantitative estimate of drug-likeness (QED) is 0.508. The number of anilines is 1. The molecule has 1 N–H and O–H groups in total. The molecule has 224 valence electrons. The summed E-state index contributed by atoms with van der Waals surface area (Å²) in [5.74, 6) is 3.29. The summed E-state index contributed by atoms with van der Waals surface area (Å²) < 4.78 is 7.57. The van der Waals surface area contributed by atoms with Gasteiger partial charge in [-0.1, -0.05) is 18.2 Å². The molecule has 1 aromatic carbocycles. The number of benzene rings is 1. The van der Waals surface area contributed by atoms with E-state index in [-0.39, 0.29) is 5.91 Å². The smallest absolute Gasteiger partial charge is 0.408 e. The highest BCUT2D eigenvalue weighted by molar-refractivity contribution is 7.99. The lowest BCUT2D eigenvalue weighted by atomic mass is 9.81. The summed E-state index contributed by atoms with van der Waals surface area (Å²) in [5, 5.41) is 7.69. The highest BCUT2D eigenvalue weighted by atomic mass is 32.2. The molecular formula is C31H46N6O3S. The van der Waals surface area contributed by atoms with Crippen LogP contribution < -0.4 is 10.2 Å². The number of alkyl carbamates (subject to hydrolysis) is 1. The van der Waals surface area contributed by atoms with E-state index in [4.69, 9.17) is 9.84 Å². The zero-order valence-corrected chi connectivity index (χ0v) is 25.9. The largest absolute Gasteiger partial charge is 0.444 e. The standard InChI is InChI=1S/C31H46N6O3S/c1-23-20-28(37(33-23)26-8-6-5-7-9-26)35-16-14-34(15-17-35)25-12-10-24(11-13-25)21-27(29(38)36-18-19-41-22-36)32-30(39)40-31(2,3)4/h5-9,20,24-25,27H,10-19,21-22H2,1-4H3,(H,32,39)/t24?,25?,27-/m0/s1. The number of nitrogens with zero attached hydrogens (tertiary/aromatic N) is 5. The van der Waals surface area contributed by atoms with Gasteiger partial charge in [0.15, 0.2) is 0 Å². The number of rotatable bonds is 7. The number of hydrogen-bond acceptors (Lipinski definition) is 7. The number of carbonyl (C=O) groups excluding carboxylic acids is 2. The molecule has 5 rings (SSSR count). The number of carbonyl (C=O) groups is 2. The van der Waals surface area contributed by atoms with E-state index in [0.717, 1.165) is 75.5 Å². The van der Waals surface area contributed by atoms with Crippen LogP contribution in [0.3, 0.4) is 0 Å². The van der Waals surface area contributed by atoms with Crippen molar-refractivity contribution in [3.05, 3.63) is 42.1 Å². The Labute approximate surface area is 248 Å². The predicted octanol–water partition coefficient (Wildman–Crippen LogP) is 4.68. The molecule has 41 heavy (non-hydrogen) atoms. The molecule has 9 nitrogen and oxygen atoms in total. The molecule has 1 saturated carbocycles. The Balaban J connectivity index is 1.13. The molecule has 2 aromatic rings.